The standard InChI is InChI=1S/C55H41N3/c1-5-36-19-15-27-48(45(36)6-2)53-46(7-3)47(8-4)54(50-26-12-11-25-49(50)53)55-57-51(34-52(58-55)43-23-14-21-40(33-43)44-24-16-30-56-35-44)42-22-13-20-39(32-42)41-29-28-37-17-9-10-18-38(37)31-41/h5-8,10-16,18-35H,1-4,9,17H2. The molecule has 0 N–H and O–H groups in total. The summed E-state index contributed by atoms with van der Waals surface area (Å²) in [5, 5.41) is 2.07. The summed E-state index contributed by atoms with van der Waals surface area (Å²) in [6.07, 6.45) is 18.0. The molecule has 3 nitrogen and oxygen atoms in total. The van der Waals surface area contributed by atoms with Crippen LogP contribution < -0.4 is 0 Å². The van der Waals surface area contributed by atoms with E-state index in [9.17, 15) is 0 Å². The van der Waals surface area contributed by atoms with Gasteiger partial charge in [0.15, 0.2) is 5.82 Å². The van der Waals surface area contributed by atoms with Gasteiger partial charge in [0, 0.05) is 34.6 Å². The van der Waals surface area contributed by atoms with Crippen molar-refractivity contribution in [2.45, 2.75) is 12.8 Å². The maximum absolute atomic E-state index is 5.44. The minimum absolute atomic E-state index is 0.605. The van der Waals surface area contributed by atoms with Crippen molar-refractivity contribution >= 4 is 41.2 Å². The van der Waals surface area contributed by atoms with E-state index in [4.69, 9.17) is 9.97 Å². The number of hydrogen-bond donors (Lipinski definition) is 0. The summed E-state index contributed by atoms with van der Waals surface area (Å²) >= 11 is 0. The number of aryl methyl sites for hydroxylation is 1. The third kappa shape index (κ3) is 6.53. The first kappa shape index (κ1) is 36.2. The Bertz CT molecular complexity index is 2970. The van der Waals surface area contributed by atoms with Gasteiger partial charge >= 0.3 is 0 Å². The molecule has 0 radical (unpaired) electrons. The molecule has 0 unspecified atom stereocenters. The van der Waals surface area contributed by atoms with Crippen LogP contribution in [0.25, 0.3) is 108 Å². The molecular weight excluding hydrogens is 703 g/mol. The number of allylic oxidation sites excluding steroid dienone is 1. The molecule has 0 saturated carbocycles. The number of fused-ring (bicyclic) bond motifs is 2. The molecule has 58 heavy (non-hydrogen) atoms. The van der Waals surface area contributed by atoms with Gasteiger partial charge in [-0.25, -0.2) is 9.97 Å². The van der Waals surface area contributed by atoms with Gasteiger partial charge in [-0.3, -0.25) is 4.98 Å². The monoisotopic (exact) mass is 743 g/mol. The van der Waals surface area contributed by atoms with E-state index in [2.05, 4.69) is 165 Å². The predicted molar refractivity (Wildman–Crippen MR) is 248 cm³/mol. The molecule has 6 aromatic carbocycles. The smallest absolute Gasteiger partial charge is 0.161 e. The molecule has 0 bridgehead atoms. The van der Waals surface area contributed by atoms with E-state index >= 15 is 0 Å². The lowest BCUT2D eigenvalue weighted by Crippen LogP contribution is -2.02. The first-order chi connectivity index (χ1) is 28.6. The number of pyridine rings is 1. The Morgan fingerprint density at radius 3 is 1.79 bits per heavy atom. The van der Waals surface area contributed by atoms with Crippen molar-refractivity contribution in [2.24, 2.45) is 0 Å². The molecule has 0 spiro atoms. The van der Waals surface area contributed by atoms with Crippen molar-refractivity contribution in [2.75, 3.05) is 0 Å². The second-order valence-corrected chi connectivity index (χ2v) is 14.5. The molecule has 0 atom stereocenters. The van der Waals surface area contributed by atoms with E-state index in [0.29, 0.717) is 5.82 Å². The van der Waals surface area contributed by atoms with E-state index in [1.807, 2.05) is 36.6 Å². The number of nitrogens with zero attached hydrogens (tertiary/aromatic N) is 3. The van der Waals surface area contributed by atoms with E-state index in [0.717, 1.165) is 102 Å². The van der Waals surface area contributed by atoms with Crippen molar-refractivity contribution in [3.05, 3.63) is 206 Å². The van der Waals surface area contributed by atoms with Gasteiger partial charge in [-0.1, -0.05) is 160 Å². The highest BCUT2D eigenvalue weighted by Gasteiger charge is 2.23. The molecule has 8 aromatic rings. The van der Waals surface area contributed by atoms with Crippen LogP contribution in [0.1, 0.15) is 39.8 Å². The molecule has 2 heterocycles. The van der Waals surface area contributed by atoms with Crippen LogP contribution in [0.5, 0.6) is 0 Å². The lowest BCUT2D eigenvalue weighted by molar-refractivity contribution is 0.986. The molecule has 3 heteroatoms. The van der Waals surface area contributed by atoms with Crippen LogP contribution in [0.4, 0.5) is 0 Å². The van der Waals surface area contributed by atoms with Gasteiger partial charge < -0.3 is 0 Å². The Morgan fingerprint density at radius 1 is 0.500 bits per heavy atom. The molecule has 276 valence electrons. The quantitative estimate of drug-likeness (QED) is 0.140. The summed E-state index contributed by atoms with van der Waals surface area (Å²) in [4.78, 5) is 15.2. The van der Waals surface area contributed by atoms with Gasteiger partial charge in [-0.05, 0) is 115 Å². The van der Waals surface area contributed by atoms with Gasteiger partial charge in [0.1, 0.15) is 0 Å². The van der Waals surface area contributed by atoms with Crippen molar-refractivity contribution < 1.29 is 0 Å². The molecule has 9 rings (SSSR count). The van der Waals surface area contributed by atoms with Crippen LogP contribution in [-0.2, 0) is 6.42 Å². The molecule has 0 saturated heterocycles. The van der Waals surface area contributed by atoms with Gasteiger partial charge in [-0.15, -0.1) is 0 Å². The Hall–Kier alpha value is -7.49. The summed E-state index contributed by atoms with van der Waals surface area (Å²) in [6.45, 7) is 17.0. The second kappa shape index (κ2) is 15.6. The maximum Gasteiger partial charge on any atom is 0.161 e. The van der Waals surface area contributed by atoms with Crippen LogP contribution in [0, 0.1) is 0 Å². The Labute approximate surface area is 340 Å². The van der Waals surface area contributed by atoms with Gasteiger partial charge in [0.25, 0.3) is 0 Å². The number of rotatable bonds is 10. The molecule has 1 aliphatic rings. The molecular formula is C55H41N3. The predicted octanol–water partition coefficient (Wildman–Crippen LogP) is 14.6. The minimum Gasteiger partial charge on any atom is -0.264 e. The van der Waals surface area contributed by atoms with Gasteiger partial charge in [0.2, 0.25) is 0 Å². The van der Waals surface area contributed by atoms with Crippen LogP contribution in [0.15, 0.2) is 172 Å². The van der Waals surface area contributed by atoms with Crippen molar-refractivity contribution in [1.82, 2.24) is 15.0 Å². The summed E-state index contributed by atoms with van der Waals surface area (Å²) in [5.41, 5.74) is 17.6. The SMILES string of the molecule is C=Cc1cccc(-c2c(C=C)c(C=C)c(-c3nc(-c4cccc(-c5cccnc5)c4)cc(-c4cccc(-c5ccc6c(c5)C=CCC6)c4)n3)c3ccccc23)c1C=C. The number of benzene rings is 6. The summed E-state index contributed by atoms with van der Waals surface area (Å²) < 4.78 is 0. The zero-order valence-electron chi connectivity index (χ0n) is 32.3. The van der Waals surface area contributed by atoms with Gasteiger partial charge in [0.05, 0.1) is 11.4 Å². The highest BCUT2D eigenvalue weighted by molar-refractivity contribution is 6.12. The second-order valence-electron chi connectivity index (χ2n) is 14.5. The zero-order valence-corrected chi connectivity index (χ0v) is 32.3. The zero-order chi connectivity index (χ0) is 39.6. The van der Waals surface area contributed by atoms with Crippen molar-refractivity contribution in [3.8, 4) is 67.3 Å². The minimum atomic E-state index is 0.605. The average Bonchev–Trinajstić information content (AvgIpc) is 3.30. The third-order valence-corrected chi connectivity index (χ3v) is 11.2. The Balaban J connectivity index is 1.30. The fourth-order valence-electron chi connectivity index (χ4n) is 8.35. The first-order valence-corrected chi connectivity index (χ1v) is 19.6. The van der Waals surface area contributed by atoms with E-state index in [-0.39, 0.29) is 0 Å². The molecule has 0 aliphatic heterocycles. The summed E-state index contributed by atoms with van der Waals surface area (Å²) in [5.74, 6) is 0.605. The first-order valence-electron chi connectivity index (χ1n) is 19.6. The van der Waals surface area contributed by atoms with Gasteiger partial charge in [-0.2, -0.15) is 0 Å². The lowest BCUT2D eigenvalue weighted by Gasteiger charge is -2.21. The summed E-state index contributed by atoms with van der Waals surface area (Å²) in [6, 6.07) is 44.8. The van der Waals surface area contributed by atoms with E-state index < -0.39 is 0 Å². The van der Waals surface area contributed by atoms with Crippen LogP contribution in [0.3, 0.4) is 0 Å². The maximum atomic E-state index is 5.44. The largest absolute Gasteiger partial charge is 0.264 e. The van der Waals surface area contributed by atoms with Crippen molar-refractivity contribution in [1.29, 1.82) is 0 Å². The van der Waals surface area contributed by atoms with Crippen LogP contribution in [0.2, 0.25) is 0 Å². The summed E-state index contributed by atoms with van der Waals surface area (Å²) in [7, 11) is 0. The lowest BCUT2D eigenvalue weighted by atomic mass is 9.83. The number of aromatic nitrogens is 3. The van der Waals surface area contributed by atoms with Crippen LogP contribution >= 0.6 is 0 Å². The highest BCUT2D eigenvalue weighted by Crippen LogP contribution is 2.45. The number of hydrogen-bond acceptors (Lipinski definition) is 3. The van der Waals surface area contributed by atoms with Crippen molar-refractivity contribution in [3.63, 3.8) is 0 Å². The molecule has 0 amide bonds. The average molecular weight is 744 g/mol. The fraction of sp³-hybridized carbons (Fsp3) is 0.0364. The van der Waals surface area contributed by atoms with Crippen LogP contribution in [-0.4, -0.2) is 15.0 Å². The third-order valence-electron chi connectivity index (χ3n) is 11.2. The molecule has 2 aromatic heterocycles. The normalized spacial score (nSPS) is 11.9. The topological polar surface area (TPSA) is 38.7 Å². The fourth-order valence-corrected chi connectivity index (χ4v) is 8.35. The van der Waals surface area contributed by atoms with E-state index in [1.54, 1.807) is 6.20 Å². The molecule has 1 aliphatic carbocycles. The molecule has 0 fully saturated rings. The Kier molecular flexibility index (Phi) is 9.71. The Morgan fingerprint density at radius 2 is 1.12 bits per heavy atom. The highest BCUT2D eigenvalue weighted by atomic mass is 14.9. The van der Waals surface area contributed by atoms with E-state index in [1.165, 1.54) is 16.7 Å².